The van der Waals surface area contributed by atoms with E-state index in [2.05, 4.69) is 16.6 Å². The van der Waals surface area contributed by atoms with Gasteiger partial charge in [0.1, 0.15) is 11.6 Å². The van der Waals surface area contributed by atoms with Gasteiger partial charge < -0.3 is 15.0 Å². The third kappa shape index (κ3) is 7.90. The third-order valence-electron chi connectivity index (χ3n) is 4.04. The number of halogens is 5. The molecule has 1 fully saturated rings. The number of hydrogen-bond donors (Lipinski definition) is 1. The van der Waals surface area contributed by atoms with E-state index in [1.54, 1.807) is 0 Å². The van der Waals surface area contributed by atoms with Crippen LogP contribution in [0.3, 0.4) is 0 Å². The van der Waals surface area contributed by atoms with Crippen LogP contribution in [0, 0.1) is 11.7 Å². The van der Waals surface area contributed by atoms with Crippen LogP contribution in [-0.4, -0.2) is 49.4 Å². The summed E-state index contributed by atoms with van der Waals surface area (Å²) in [7, 11) is 0. The van der Waals surface area contributed by atoms with Gasteiger partial charge in [0.2, 0.25) is 5.91 Å². The maximum atomic E-state index is 13.3. The summed E-state index contributed by atoms with van der Waals surface area (Å²) in [5, 5.41) is 2.41. The van der Waals surface area contributed by atoms with Gasteiger partial charge >= 0.3 is 6.36 Å². The highest BCUT2D eigenvalue weighted by Crippen LogP contribution is 2.23. The molecule has 0 aliphatic carbocycles. The lowest BCUT2D eigenvalue weighted by atomic mass is 10.1. The summed E-state index contributed by atoms with van der Waals surface area (Å²) in [6, 6.07) is 3.75. The number of nitrogens with one attached hydrogen (secondary N) is 1. The Morgan fingerprint density at radius 3 is 2.76 bits per heavy atom. The second-order valence-corrected chi connectivity index (χ2v) is 6.84. The van der Waals surface area contributed by atoms with Crippen molar-refractivity contribution >= 4 is 23.4 Å². The first kappa shape index (κ1) is 23.0. The molecule has 11 heteroatoms. The van der Waals surface area contributed by atoms with Gasteiger partial charge in [-0.2, -0.15) is 0 Å². The van der Waals surface area contributed by atoms with Crippen molar-refractivity contribution in [3.63, 3.8) is 0 Å². The van der Waals surface area contributed by atoms with Gasteiger partial charge in [-0.05, 0) is 12.1 Å². The number of ether oxygens (including phenoxy) is 2. The molecule has 160 valence electrons. The summed E-state index contributed by atoms with van der Waals surface area (Å²) in [6.07, 6.45) is -4.53. The van der Waals surface area contributed by atoms with E-state index < -0.39 is 30.6 Å². The highest BCUT2D eigenvalue weighted by Gasteiger charge is 2.35. The van der Waals surface area contributed by atoms with Crippen molar-refractivity contribution in [2.24, 2.45) is 5.92 Å². The number of benzene rings is 1. The SMILES string of the molecule is C=C(CCN1C[C@@H](COC(F)(F)F)CC1=O)NC(=O)COc1ccc(Cl)c(F)c1. The minimum absolute atomic E-state index is 0.0274. The van der Waals surface area contributed by atoms with Gasteiger partial charge in [-0.15, -0.1) is 13.2 Å². The molecule has 1 aromatic rings. The predicted octanol–water partition coefficient (Wildman–Crippen LogP) is 3.26. The van der Waals surface area contributed by atoms with Crippen LogP contribution in [0.2, 0.25) is 5.02 Å². The van der Waals surface area contributed by atoms with E-state index in [0.717, 1.165) is 6.07 Å². The Morgan fingerprint density at radius 1 is 1.38 bits per heavy atom. The van der Waals surface area contributed by atoms with Crippen LogP contribution in [0.25, 0.3) is 0 Å². The van der Waals surface area contributed by atoms with Gasteiger partial charge in [-0.3, -0.25) is 14.3 Å². The zero-order valence-corrected chi connectivity index (χ0v) is 16.0. The molecule has 0 unspecified atom stereocenters. The van der Waals surface area contributed by atoms with Gasteiger partial charge in [0, 0.05) is 43.6 Å². The number of carbonyl (C=O) groups excluding carboxylic acids is 2. The van der Waals surface area contributed by atoms with Gasteiger partial charge in [-0.1, -0.05) is 18.2 Å². The Bertz CT molecular complexity index is 773. The molecule has 1 heterocycles. The summed E-state index contributed by atoms with van der Waals surface area (Å²) in [5.74, 6) is -1.91. The molecular formula is C18H19ClF4N2O4. The van der Waals surface area contributed by atoms with Crippen molar-refractivity contribution in [1.82, 2.24) is 10.2 Å². The van der Waals surface area contributed by atoms with E-state index in [-0.39, 0.29) is 49.2 Å². The van der Waals surface area contributed by atoms with Crippen molar-refractivity contribution in [2.45, 2.75) is 19.2 Å². The molecule has 1 aromatic carbocycles. The van der Waals surface area contributed by atoms with E-state index in [9.17, 15) is 27.2 Å². The molecular weight excluding hydrogens is 420 g/mol. The van der Waals surface area contributed by atoms with Gasteiger partial charge in [-0.25, -0.2) is 4.39 Å². The summed E-state index contributed by atoms with van der Waals surface area (Å²) < 4.78 is 58.5. The topological polar surface area (TPSA) is 67.9 Å². The van der Waals surface area contributed by atoms with Crippen LogP contribution in [0.15, 0.2) is 30.5 Å². The monoisotopic (exact) mass is 438 g/mol. The molecule has 6 nitrogen and oxygen atoms in total. The smallest absolute Gasteiger partial charge is 0.484 e. The van der Waals surface area contributed by atoms with Gasteiger partial charge in [0.05, 0.1) is 11.6 Å². The quantitative estimate of drug-likeness (QED) is 0.601. The minimum Gasteiger partial charge on any atom is -0.484 e. The number of nitrogens with zero attached hydrogens (tertiary/aromatic N) is 1. The molecule has 2 rings (SSSR count). The lowest BCUT2D eigenvalue weighted by molar-refractivity contribution is -0.328. The molecule has 1 saturated heterocycles. The summed E-state index contributed by atoms with van der Waals surface area (Å²) >= 11 is 5.55. The highest BCUT2D eigenvalue weighted by atomic mass is 35.5. The van der Waals surface area contributed by atoms with E-state index in [0.29, 0.717) is 5.70 Å². The zero-order chi connectivity index (χ0) is 21.6. The molecule has 2 amide bonds. The summed E-state index contributed by atoms with van der Waals surface area (Å²) in [5.41, 5.74) is 0.309. The molecule has 1 atom stereocenters. The van der Waals surface area contributed by atoms with Crippen LogP contribution in [0.4, 0.5) is 17.6 Å². The number of amides is 2. The van der Waals surface area contributed by atoms with Crippen LogP contribution < -0.4 is 10.1 Å². The molecule has 0 radical (unpaired) electrons. The highest BCUT2D eigenvalue weighted by molar-refractivity contribution is 6.30. The third-order valence-corrected chi connectivity index (χ3v) is 4.34. The summed E-state index contributed by atoms with van der Waals surface area (Å²) in [6.45, 7) is 3.04. The van der Waals surface area contributed by atoms with Crippen LogP contribution in [-0.2, 0) is 14.3 Å². The molecule has 29 heavy (non-hydrogen) atoms. The van der Waals surface area contributed by atoms with Crippen molar-refractivity contribution in [3.8, 4) is 5.75 Å². The van der Waals surface area contributed by atoms with Crippen molar-refractivity contribution in [3.05, 3.63) is 41.3 Å². The Morgan fingerprint density at radius 2 is 2.10 bits per heavy atom. The van der Waals surface area contributed by atoms with Gasteiger partial charge in [0.15, 0.2) is 6.61 Å². The normalized spacial score (nSPS) is 16.8. The molecule has 0 aromatic heterocycles. The molecule has 1 aliphatic rings. The number of rotatable bonds is 9. The fourth-order valence-electron chi connectivity index (χ4n) is 2.68. The molecule has 1 N–H and O–H groups in total. The Hall–Kier alpha value is -2.33. The van der Waals surface area contributed by atoms with Gasteiger partial charge in [0.25, 0.3) is 5.91 Å². The second kappa shape index (κ2) is 9.93. The number of alkyl halides is 3. The summed E-state index contributed by atoms with van der Waals surface area (Å²) in [4.78, 5) is 25.1. The fraction of sp³-hybridized carbons (Fsp3) is 0.444. The Kier molecular flexibility index (Phi) is 7.86. The van der Waals surface area contributed by atoms with E-state index in [1.807, 2.05) is 0 Å². The zero-order valence-electron chi connectivity index (χ0n) is 15.2. The first-order valence-electron chi connectivity index (χ1n) is 8.57. The van der Waals surface area contributed by atoms with Crippen LogP contribution in [0.1, 0.15) is 12.8 Å². The lowest BCUT2D eigenvalue weighted by Gasteiger charge is -2.18. The van der Waals surface area contributed by atoms with E-state index >= 15 is 0 Å². The Balaban J connectivity index is 1.68. The molecule has 0 bridgehead atoms. The lowest BCUT2D eigenvalue weighted by Crippen LogP contribution is -2.32. The van der Waals surface area contributed by atoms with Crippen molar-refractivity contribution in [1.29, 1.82) is 0 Å². The molecule has 0 spiro atoms. The van der Waals surface area contributed by atoms with Crippen LogP contribution in [0.5, 0.6) is 5.75 Å². The first-order valence-corrected chi connectivity index (χ1v) is 8.95. The minimum atomic E-state index is -4.73. The largest absolute Gasteiger partial charge is 0.522 e. The van der Waals surface area contributed by atoms with Crippen LogP contribution >= 0.6 is 11.6 Å². The van der Waals surface area contributed by atoms with E-state index in [4.69, 9.17) is 16.3 Å². The maximum absolute atomic E-state index is 13.3. The Labute approximate surface area is 169 Å². The molecule has 0 saturated carbocycles. The molecule has 1 aliphatic heterocycles. The second-order valence-electron chi connectivity index (χ2n) is 6.43. The fourth-order valence-corrected chi connectivity index (χ4v) is 2.79. The average molecular weight is 439 g/mol. The first-order chi connectivity index (χ1) is 13.5. The number of carbonyl (C=O) groups is 2. The maximum Gasteiger partial charge on any atom is 0.522 e. The number of likely N-dealkylation sites (tertiary alicyclic amines) is 1. The van der Waals surface area contributed by atoms with Crippen molar-refractivity contribution in [2.75, 3.05) is 26.3 Å². The standard InChI is InChI=1S/C18H19ClF4N2O4/c1-11(24-16(26)10-28-13-2-3-14(19)15(20)7-13)4-5-25-8-12(6-17(25)27)9-29-18(21,22)23/h2-3,7,12H,1,4-6,8-10H2,(H,24,26)/t12-/m0/s1. The predicted molar refractivity (Wildman–Crippen MR) is 95.5 cm³/mol. The van der Waals surface area contributed by atoms with Crippen molar-refractivity contribution < 1.29 is 36.6 Å². The average Bonchev–Trinajstić information content (AvgIpc) is 2.98. The number of hydrogen-bond acceptors (Lipinski definition) is 4. The van der Waals surface area contributed by atoms with E-state index in [1.165, 1.54) is 17.0 Å².